The van der Waals surface area contributed by atoms with Gasteiger partial charge in [-0.05, 0) is 77.7 Å². The predicted octanol–water partition coefficient (Wildman–Crippen LogP) is 6.34. The minimum absolute atomic E-state index is 0.539. The van der Waals surface area contributed by atoms with Gasteiger partial charge in [0.1, 0.15) is 0 Å². The van der Waals surface area contributed by atoms with E-state index in [2.05, 4.69) is 71.1 Å². The van der Waals surface area contributed by atoms with Crippen molar-refractivity contribution in [1.29, 1.82) is 0 Å². The number of thiophene rings is 1. The van der Waals surface area contributed by atoms with E-state index in [9.17, 15) is 0 Å². The Morgan fingerprint density at radius 3 is 2.78 bits per heavy atom. The maximum Gasteiger partial charge on any atom is 0.0346 e. The van der Waals surface area contributed by atoms with Crippen LogP contribution in [-0.2, 0) is 13.0 Å². The largest absolute Gasteiger partial charge is 0.310 e. The highest BCUT2D eigenvalue weighted by Crippen LogP contribution is 2.22. The van der Waals surface area contributed by atoms with Crippen LogP contribution in [0.4, 0.5) is 0 Å². The van der Waals surface area contributed by atoms with Crippen LogP contribution >= 0.6 is 11.3 Å². The molecule has 2 aromatic heterocycles. The van der Waals surface area contributed by atoms with Crippen molar-refractivity contribution in [2.24, 2.45) is 0 Å². The van der Waals surface area contributed by atoms with Gasteiger partial charge < -0.3 is 5.32 Å². The van der Waals surface area contributed by atoms with Gasteiger partial charge >= 0.3 is 0 Å². The van der Waals surface area contributed by atoms with Crippen molar-refractivity contribution in [3.05, 3.63) is 77.4 Å². The predicted molar refractivity (Wildman–Crippen MR) is 117 cm³/mol. The van der Waals surface area contributed by atoms with E-state index in [4.69, 9.17) is 0 Å². The third-order valence-electron chi connectivity index (χ3n) is 5.23. The highest BCUT2D eigenvalue weighted by molar-refractivity contribution is 7.17. The summed E-state index contributed by atoms with van der Waals surface area (Å²) in [4.78, 5) is 4.18. The van der Waals surface area contributed by atoms with Gasteiger partial charge in [-0.3, -0.25) is 4.98 Å². The molecule has 2 nitrogen and oxygen atoms in total. The number of unbranched alkanes of at least 4 members (excludes halogenated alkanes) is 1. The second-order valence-electron chi connectivity index (χ2n) is 7.38. The third-order valence-corrected chi connectivity index (χ3v) is 6.13. The number of aryl methyl sites for hydroxylation is 1. The van der Waals surface area contributed by atoms with Crippen LogP contribution in [0.1, 0.15) is 37.3 Å². The number of pyridine rings is 1. The number of rotatable bonds is 8. The second-order valence-corrected chi connectivity index (χ2v) is 8.33. The molecule has 4 rings (SSSR count). The van der Waals surface area contributed by atoms with Gasteiger partial charge in [-0.1, -0.05) is 30.7 Å². The van der Waals surface area contributed by atoms with Crippen molar-refractivity contribution in [1.82, 2.24) is 10.3 Å². The number of nitrogens with zero attached hydrogens (tertiary/aromatic N) is 1. The first kappa shape index (κ1) is 18.1. The van der Waals surface area contributed by atoms with Crippen molar-refractivity contribution in [3.63, 3.8) is 0 Å². The van der Waals surface area contributed by atoms with Crippen molar-refractivity contribution in [3.8, 4) is 0 Å². The van der Waals surface area contributed by atoms with E-state index in [1.54, 1.807) is 0 Å². The molecule has 2 heterocycles. The van der Waals surface area contributed by atoms with Gasteiger partial charge in [-0.2, -0.15) is 0 Å². The molecule has 2 aromatic carbocycles. The van der Waals surface area contributed by atoms with Crippen LogP contribution in [0.5, 0.6) is 0 Å². The third kappa shape index (κ3) is 4.74. The Morgan fingerprint density at radius 2 is 1.81 bits per heavy atom. The summed E-state index contributed by atoms with van der Waals surface area (Å²) < 4.78 is 1.39. The molecule has 4 aromatic rings. The van der Waals surface area contributed by atoms with E-state index < -0.39 is 0 Å². The fraction of sp³-hybridized carbons (Fsp3) is 0.292. The summed E-state index contributed by atoms with van der Waals surface area (Å²) in [7, 11) is 0. The topological polar surface area (TPSA) is 24.9 Å². The molecule has 0 spiro atoms. The van der Waals surface area contributed by atoms with E-state index in [0.717, 1.165) is 6.54 Å². The van der Waals surface area contributed by atoms with Gasteiger partial charge in [0.2, 0.25) is 0 Å². The molecule has 1 N–H and O–H groups in total. The minimum atomic E-state index is 0.539. The van der Waals surface area contributed by atoms with Crippen LogP contribution in [0.25, 0.3) is 20.9 Å². The maximum absolute atomic E-state index is 4.18. The van der Waals surface area contributed by atoms with Crippen molar-refractivity contribution < 1.29 is 0 Å². The Hall–Kier alpha value is -2.23. The average Bonchev–Trinajstić information content (AvgIpc) is 3.17. The molecule has 0 unspecified atom stereocenters. The molecule has 0 aliphatic rings. The quantitative estimate of drug-likeness (QED) is 0.364. The minimum Gasteiger partial charge on any atom is -0.310 e. The van der Waals surface area contributed by atoms with Crippen LogP contribution in [0, 0.1) is 0 Å². The van der Waals surface area contributed by atoms with Crippen LogP contribution in [0.3, 0.4) is 0 Å². The average molecular weight is 375 g/mol. The number of hydrogen-bond acceptors (Lipinski definition) is 3. The summed E-state index contributed by atoms with van der Waals surface area (Å²) in [5, 5.41) is 9.70. The summed E-state index contributed by atoms with van der Waals surface area (Å²) in [5.41, 5.74) is 2.80. The Balaban J connectivity index is 1.20. The zero-order valence-corrected chi connectivity index (χ0v) is 16.6. The lowest BCUT2D eigenvalue weighted by Gasteiger charge is -2.14. The molecule has 3 heteroatoms. The summed E-state index contributed by atoms with van der Waals surface area (Å²) >= 11 is 1.82. The zero-order chi connectivity index (χ0) is 18.5. The van der Waals surface area contributed by atoms with E-state index in [1.807, 2.05) is 23.7 Å². The number of aromatic nitrogens is 1. The number of nitrogens with one attached hydrogen (secondary N) is 1. The number of hydrogen-bond donors (Lipinski definition) is 1. The standard InChI is InChI=1S/C24H26N2S/c1-18(26-16-20-6-8-23-17-25-12-10-21(23)15-20)4-2-3-5-19-7-9-24-22(14-19)11-13-27-24/h6-15,17-18,26H,2-5,16H2,1H3/t18-/m1/s1. The van der Waals surface area contributed by atoms with Gasteiger partial charge in [0.25, 0.3) is 0 Å². The normalized spacial score (nSPS) is 12.6. The molecule has 0 amide bonds. The fourth-order valence-electron chi connectivity index (χ4n) is 3.59. The molecule has 1 atom stereocenters. The Labute approximate surface area is 165 Å². The molecule has 0 aliphatic carbocycles. The fourth-order valence-corrected chi connectivity index (χ4v) is 4.36. The maximum atomic E-state index is 4.18. The van der Waals surface area contributed by atoms with Gasteiger partial charge in [0, 0.05) is 35.1 Å². The van der Waals surface area contributed by atoms with Gasteiger partial charge in [-0.25, -0.2) is 0 Å². The van der Waals surface area contributed by atoms with Crippen LogP contribution in [-0.4, -0.2) is 11.0 Å². The summed E-state index contributed by atoms with van der Waals surface area (Å²) in [6, 6.07) is 18.4. The molecule has 138 valence electrons. The Kier molecular flexibility index (Phi) is 5.81. The SMILES string of the molecule is C[C@H](CCCCc1ccc2sccc2c1)NCc1ccc2cnccc2c1. The van der Waals surface area contributed by atoms with Gasteiger partial charge in [0.05, 0.1) is 0 Å². The van der Waals surface area contributed by atoms with E-state index in [-0.39, 0.29) is 0 Å². The summed E-state index contributed by atoms with van der Waals surface area (Å²) in [6.45, 7) is 3.22. The van der Waals surface area contributed by atoms with Crippen LogP contribution in [0.2, 0.25) is 0 Å². The molecule has 0 radical (unpaired) electrons. The van der Waals surface area contributed by atoms with Gasteiger partial charge in [-0.15, -0.1) is 11.3 Å². The van der Waals surface area contributed by atoms with Crippen molar-refractivity contribution in [2.75, 3.05) is 0 Å². The molecule has 0 fully saturated rings. The van der Waals surface area contributed by atoms with Crippen molar-refractivity contribution >= 4 is 32.2 Å². The van der Waals surface area contributed by atoms with E-state index >= 15 is 0 Å². The van der Waals surface area contributed by atoms with Gasteiger partial charge in [0.15, 0.2) is 0 Å². The van der Waals surface area contributed by atoms with Crippen molar-refractivity contribution in [2.45, 2.75) is 45.2 Å². The molecule has 0 saturated carbocycles. The second kappa shape index (κ2) is 8.64. The lowest BCUT2D eigenvalue weighted by atomic mass is 10.0. The first-order chi connectivity index (χ1) is 13.3. The molecule has 27 heavy (non-hydrogen) atoms. The number of fused-ring (bicyclic) bond motifs is 2. The Morgan fingerprint density at radius 1 is 0.926 bits per heavy atom. The van der Waals surface area contributed by atoms with E-state index in [0.29, 0.717) is 6.04 Å². The summed E-state index contributed by atoms with van der Waals surface area (Å²) in [6.07, 6.45) is 8.70. The van der Waals surface area contributed by atoms with Crippen LogP contribution < -0.4 is 5.32 Å². The molecule has 0 saturated heterocycles. The molecule has 0 bridgehead atoms. The monoisotopic (exact) mass is 374 g/mol. The zero-order valence-electron chi connectivity index (χ0n) is 15.8. The first-order valence-corrected chi connectivity index (χ1v) is 10.7. The highest BCUT2D eigenvalue weighted by atomic mass is 32.1. The highest BCUT2D eigenvalue weighted by Gasteiger charge is 2.04. The lowest BCUT2D eigenvalue weighted by molar-refractivity contribution is 0.489. The summed E-state index contributed by atoms with van der Waals surface area (Å²) in [5.74, 6) is 0. The molecule has 0 aliphatic heterocycles. The van der Waals surface area contributed by atoms with Crippen LogP contribution in [0.15, 0.2) is 66.3 Å². The number of benzene rings is 2. The molecular weight excluding hydrogens is 348 g/mol. The Bertz CT molecular complexity index is 1020. The molecular formula is C24H26N2S. The first-order valence-electron chi connectivity index (χ1n) is 9.80. The van der Waals surface area contributed by atoms with E-state index in [1.165, 1.54) is 57.7 Å². The lowest BCUT2D eigenvalue weighted by Crippen LogP contribution is -2.25. The smallest absolute Gasteiger partial charge is 0.0346 e.